The highest BCUT2D eigenvalue weighted by Crippen LogP contribution is 2.29. The standard InChI is InChI=1S/C16H16ClNO5S/c1-11-9-12(17)3-8-15(11)18(10-16(19)20)24(21,22)14-6-4-13(23-2)5-7-14/h3-9H,10H2,1-2H3,(H,19,20). The van der Waals surface area contributed by atoms with Crippen LogP contribution in [0.3, 0.4) is 0 Å². The van der Waals surface area contributed by atoms with E-state index in [2.05, 4.69) is 0 Å². The summed E-state index contributed by atoms with van der Waals surface area (Å²) < 4.78 is 31.6. The van der Waals surface area contributed by atoms with Crippen LogP contribution in [-0.2, 0) is 14.8 Å². The van der Waals surface area contributed by atoms with E-state index in [0.29, 0.717) is 16.3 Å². The van der Waals surface area contributed by atoms with Crippen LogP contribution < -0.4 is 9.04 Å². The minimum Gasteiger partial charge on any atom is -0.497 e. The van der Waals surface area contributed by atoms with Crippen LogP contribution in [0.5, 0.6) is 5.75 Å². The Labute approximate surface area is 145 Å². The molecular formula is C16H16ClNO5S. The lowest BCUT2D eigenvalue weighted by atomic mass is 10.2. The fourth-order valence-electron chi connectivity index (χ4n) is 2.20. The van der Waals surface area contributed by atoms with Gasteiger partial charge in [-0.1, -0.05) is 11.6 Å². The van der Waals surface area contributed by atoms with Crippen molar-refractivity contribution in [3.8, 4) is 5.75 Å². The molecule has 8 heteroatoms. The first-order valence-electron chi connectivity index (χ1n) is 6.90. The number of sulfonamides is 1. The minimum atomic E-state index is -4.06. The number of aryl methyl sites for hydroxylation is 1. The highest BCUT2D eigenvalue weighted by molar-refractivity contribution is 7.92. The molecule has 0 amide bonds. The van der Waals surface area contributed by atoms with Gasteiger partial charge in [-0.15, -0.1) is 0 Å². The summed E-state index contributed by atoms with van der Waals surface area (Å²) in [7, 11) is -2.59. The summed E-state index contributed by atoms with van der Waals surface area (Å²) in [5.41, 5.74) is 0.818. The van der Waals surface area contributed by atoms with Crippen LogP contribution in [-0.4, -0.2) is 33.1 Å². The van der Waals surface area contributed by atoms with Crippen molar-refractivity contribution in [2.75, 3.05) is 18.0 Å². The number of anilines is 1. The molecule has 0 aromatic heterocycles. The lowest BCUT2D eigenvalue weighted by molar-refractivity contribution is -0.135. The second-order valence-electron chi connectivity index (χ2n) is 5.01. The van der Waals surface area contributed by atoms with Crippen LogP contribution in [0.25, 0.3) is 0 Å². The molecule has 2 aromatic rings. The molecule has 0 aliphatic rings. The summed E-state index contributed by atoms with van der Waals surface area (Å²) in [6.45, 7) is 0.969. The number of nitrogens with zero attached hydrogens (tertiary/aromatic N) is 1. The molecule has 0 atom stereocenters. The minimum absolute atomic E-state index is 0.0288. The second kappa shape index (κ2) is 7.11. The third-order valence-electron chi connectivity index (χ3n) is 3.35. The van der Waals surface area contributed by atoms with Gasteiger partial charge < -0.3 is 9.84 Å². The number of benzene rings is 2. The molecule has 2 aromatic carbocycles. The zero-order chi connectivity index (χ0) is 17.9. The van der Waals surface area contributed by atoms with Crippen LogP contribution in [0.15, 0.2) is 47.4 Å². The van der Waals surface area contributed by atoms with Crippen molar-refractivity contribution in [1.29, 1.82) is 0 Å². The topological polar surface area (TPSA) is 83.9 Å². The Morgan fingerprint density at radius 2 is 1.83 bits per heavy atom. The predicted octanol–water partition coefficient (Wildman–Crippen LogP) is 2.94. The quantitative estimate of drug-likeness (QED) is 0.846. The first kappa shape index (κ1) is 18.1. The molecule has 0 saturated carbocycles. The van der Waals surface area contributed by atoms with E-state index in [9.17, 15) is 13.2 Å². The van der Waals surface area contributed by atoms with E-state index in [1.807, 2.05) is 0 Å². The van der Waals surface area contributed by atoms with Crippen molar-refractivity contribution in [3.63, 3.8) is 0 Å². The summed E-state index contributed by atoms with van der Waals surface area (Å²) in [6.07, 6.45) is 0. The third kappa shape index (κ3) is 3.80. The van der Waals surface area contributed by atoms with Gasteiger partial charge in [0.2, 0.25) is 0 Å². The molecule has 0 radical (unpaired) electrons. The SMILES string of the molecule is COc1ccc(S(=O)(=O)N(CC(=O)O)c2ccc(Cl)cc2C)cc1. The zero-order valence-electron chi connectivity index (χ0n) is 13.1. The van der Waals surface area contributed by atoms with Crippen molar-refractivity contribution in [2.24, 2.45) is 0 Å². The van der Waals surface area contributed by atoms with Gasteiger partial charge in [-0.3, -0.25) is 9.10 Å². The number of carbonyl (C=O) groups is 1. The van der Waals surface area contributed by atoms with Gasteiger partial charge in [0.1, 0.15) is 12.3 Å². The predicted molar refractivity (Wildman–Crippen MR) is 91.4 cm³/mol. The Hall–Kier alpha value is -2.25. The number of hydrogen-bond acceptors (Lipinski definition) is 4. The van der Waals surface area contributed by atoms with Gasteiger partial charge in [-0.05, 0) is 55.0 Å². The lowest BCUT2D eigenvalue weighted by Crippen LogP contribution is -2.36. The van der Waals surface area contributed by atoms with E-state index < -0.39 is 22.5 Å². The Morgan fingerprint density at radius 3 is 2.33 bits per heavy atom. The summed E-state index contributed by atoms with van der Waals surface area (Å²) in [5.74, 6) is -0.761. The number of methoxy groups -OCH3 is 1. The van der Waals surface area contributed by atoms with Crippen molar-refractivity contribution in [1.82, 2.24) is 0 Å². The Kier molecular flexibility index (Phi) is 5.36. The summed E-state index contributed by atoms with van der Waals surface area (Å²) in [5, 5.41) is 9.57. The molecule has 0 unspecified atom stereocenters. The van der Waals surface area contributed by atoms with E-state index in [1.165, 1.54) is 43.5 Å². The molecule has 0 aliphatic carbocycles. The number of rotatable bonds is 6. The molecule has 128 valence electrons. The van der Waals surface area contributed by atoms with Gasteiger partial charge in [0.05, 0.1) is 17.7 Å². The normalized spacial score (nSPS) is 11.1. The van der Waals surface area contributed by atoms with Gasteiger partial charge in [-0.25, -0.2) is 8.42 Å². The molecule has 0 heterocycles. The van der Waals surface area contributed by atoms with E-state index in [0.717, 1.165) is 4.31 Å². The zero-order valence-corrected chi connectivity index (χ0v) is 14.6. The Morgan fingerprint density at radius 1 is 1.21 bits per heavy atom. The fraction of sp³-hybridized carbons (Fsp3) is 0.188. The number of carboxylic acids is 1. The maximum atomic E-state index is 12.9. The highest BCUT2D eigenvalue weighted by atomic mass is 35.5. The molecule has 24 heavy (non-hydrogen) atoms. The van der Waals surface area contributed by atoms with Gasteiger partial charge >= 0.3 is 5.97 Å². The molecule has 0 spiro atoms. The largest absolute Gasteiger partial charge is 0.497 e. The number of ether oxygens (including phenoxy) is 1. The number of carboxylic acid groups (broad SMARTS) is 1. The highest BCUT2D eigenvalue weighted by Gasteiger charge is 2.28. The van der Waals surface area contributed by atoms with Gasteiger partial charge in [0.25, 0.3) is 10.0 Å². The molecule has 0 bridgehead atoms. The maximum absolute atomic E-state index is 12.9. The molecule has 0 saturated heterocycles. The maximum Gasteiger partial charge on any atom is 0.324 e. The smallest absolute Gasteiger partial charge is 0.324 e. The van der Waals surface area contributed by atoms with Crippen LogP contribution in [0, 0.1) is 6.92 Å². The van der Waals surface area contributed by atoms with Crippen molar-refractivity contribution >= 4 is 33.3 Å². The van der Waals surface area contributed by atoms with E-state index in [-0.39, 0.29) is 10.6 Å². The average Bonchev–Trinajstić information content (AvgIpc) is 2.53. The van der Waals surface area contributed by atoms with Crippen molar-refractivity contribution in [3.05, 3.63) is 53.1 Å². The van der Waals surface area contributed by atoms with Gasteiger partial charge in [-0.2, -0.15) is 0 Å². The van der Waals surface area contributed by atoms with E-state index in [1.54, 1.807) is 13.0 Å². The number of aliphatic carboxylic acids is 1. The summed E-state index contributed by atoms with van der Waals surface area (Å²) in [6, 6.07) is 10.3. The first-order chi connectivity index (χ1) is 11.3. The second-order valence-corrected chi connectivity index (χ2v) is 7.31. The monoisotopic (exact) mass is 369 g/mol. The van der Waals surface area contributed by atoms with Crippen LogP contribution in [0.1, 0.15) is 5.56 Å². The van der Waals surface area contributed by atoms with Gasteiger partial charge in [0.15, 0.2) is 0 Å². The summed E-state index contributed by atoms with van der Waals surface area (Å²) in [4.78, 5) is 11.2. The van der Waals surface area contributed by atoms with E-state index in [4.69, 9.17) is 21.4 Å². The third-order valence-corrected chi connectivity index (χ3v) is 5.36. The number of hydrogen-bond donors (Lipinski definition) is 1. The summed E-state index contributed by atoms with van der Waals surface area (Å²) >= 11 is 5.89. The molecule has 0 aliphatic heterocycles. The average molecular weight is 370 g/mol. The van der Waals surface area contributed by atoms with Crippen LogP contribution in [0.2, 0.25) is 5.02 Å². The van der Waals surface area contributed by atoms with Gasteiger partial charge in [0, 0.05) is 5.02 Å². The number of halogens is 1. The van der Waals surface area contributed by atoms with E-state index >= 15 is 0 Å². The van der Waals surface area contributed by atoms with Crippen molar-refractivity contribution in [2.45, 2.75) is 11.8 Å². The lowest BCUT2D eigenvalue weighted by Gasteiger charge is -2.24. The molecule has 2 rings (SSSR count). The van der Waals surface area contributed by atoms with Crippen LogP contribution >= 0.6 is 11.6 Å². The molecule has 0 fully saturated rings. The fourth-order valence-corrected chi connectivity index (χ4v) is 3.90. The first-order valence-corrected chi connectivity index (χ1v) is 8.72. The van der Waals surface area contributed by atoms with Crippen molar-refractivity contribution < 1.29 is 23.1 Å². The molecule has 6 nitrogen and oxygen atoms in total. The van der Waals surface area contributed by atoms with Crippen LogP contribution in [0.4, 0.5) is 5.69 Å². The molecular weight excluding hydrogens is 354 g/mol. The Bertz CT molecular complexity index is 849. The Balaban J connectivity index is 2.54. The molecule has 1 N–H and O–H groups in total.